The predicted octanol–water partition coefficient (Wildman–Crippen LogP) is 1.49. The lowest BCUT2D eigenvalue weighted by Gasteiger charge is -2.08. The van der Waals surface area contributed by atoms with E-state index in [1.54, 1.807) is 17.1 Å². The Hall–Kier alpha value is -1.75. The van der Waals surface area contributed by atoms with Gasteiger partial charge < -0.3 is 5.73 Å². The van der Waals surface area contributed by atoms with Crippen molar-refractivity contribution in [2.45, 2.75) is 19.5 Å². The van der Waals surface area contributed by atoms with Crippen LogP contribution in [0.5, 0.6) is 0 Å². The molecule has 0 saturated heterocycles. The number of pyridine rings is 1. The SMILES string of the molecule is CCn1cc(C(N)c2cncc(F)c2)cn1. The molecule has 0 amide bonds. The summed E-state index contributed by atoms with van der Waals surface area (Å²) in [6, 6.07) is 1.00. The van der Waals surface area contributed by atoms with Crippen molar-refractivity contribution in [3.8, 4) is 0 Å². The van der Waals surface area contributed by atoms with Gasteiger partial charge in [-0.1, -0.05) is 0 Å². The Morgan fingerprint density at radius 1 is 1.38 bits per heavy atom. The summed E-state index contributed by atoms with van der Waals surface area (Å²) in [4.78, 5) is 3.78. The third-order valence-corrected chi connectivity index (χ3v) is 2.42. The number of rotatable bonds is 3. The van der Waals surface area contributed by atoms with Crippen molar-refractivity contribution in [2.24, 2.45) is 5.73 Å². The van der Waals surface area contributed by atoms with E-state index in [0.29, 0.717) is 5.56 Å². The smallest absolute Gasteiger partial charge is 0.141 e. The number of nitrogens with two attached hydrogens (primary N) is 1. The topological polar surface area (TPSA) is 56.7 Å². The van der Waals surface area contributed by atoms with Crippen molar-refractivity contribution in [2.75, 3.05) is 0 Å². The number of aromatic nitrogens is 3. The Morgan fingerprint density at radius 3 is 2.81 bits per heavy atom. The van der Waals surface area contributed by atoms with E-state index in [1.165, 1.54) is 6.07 Å². The Labute approximate surface area is 92.9 Å². The maximum atomic E-state index is 13.0. The van der Waals surface area contributed by atoms with Crippen LogP contribution in [0, 0.1) is 5.82 Å². The van der Waals surface area contributed by atoms with Crippen LogP contribution in [0.2, 0.25) is 0 Å². The lowest BCUT2D eigenvalue weighted by atomic mass is 10.1. The van der Waals surface area contributed by atoms with Gasteiger partial charge in [-0.25, -0.2) is 4.39 Å². The first kappa shape index (κ1) is 10.8. The first-order valence-electron chi connectivity index (χ1n) is 5.09. The minimum atomic E-state index is -0.386. The molecule has 0 bridgehead atoms. The molecular formula is C11H13FN4. The van der Waals surface area contributed by atoms with Crippen molar-refractivity contribution in [1.82, 2.24) is 14.8 Å². The van der Waals surface area contributed by atoms with E-state index in [4.69, 9.17) is 5.73 Å². The summed E-state index contributed by atoms with van der Waals surface area (Å²) in [7, 11) is 0. The van der Waals surface area contributed by atoms with Gasteiger partial charge in [0.2, 0.25) is 0 Å². The predicted molar refractivity (Wildman–Crippen MR) is 58.1 cm³/mol. The number of halogens is 1. The van der Waals surface area contributed by atoms with Crippen LogP contribution in [-0.2, 0) is 6.54 Å². The van der Waals surface area contributed by atoms with Gasteiger partial charge in [-0.15, -0.1) is 0 Å². The molecule has 84 valence electrons. The molecule has 0 aliphatic heterocycles. The molecule has 0 fully saturated rings. The third-order valence-electron chi connectivity index (χ3n) is 2.42. The van der Waals surface area contributed by atoms with Crippen LogP contribution in [-0.4, -0.2) is 14.8 Å². The molecule has 0 radical (unpaired) electrons. The molecule has 2 aromatic heterocycles. The molecule has 0 spiro atoms. The maximum Gasteiger partial charge on any atom is 0.141 e. The van der Waals surface area contributed by atoms with Crippen molar-refractivity contribution >= 4 is 0 Å². The average molecular weight is 220 g/mol. The minimum absolute atomic E-state index is 0.379. The van der Waals surface area contributed by atoms with Gasteiger partial charge in [0, 0.05) is 24.5 Å². The molecule has 16 heavy (non-hydrogen) atoms. The zero-order valence-electron chi connectivity index (χ0n) is 8.97. The van der Waals surface area contributed by atoms with Crippen LogP contribution >= 0.6 is 0 Å². The van der Waals surface area contributed by atoms with Crippen LogP contribution in [0.1, 0.15) is 24.1 Å². The number of hydrogen-bond acceptors (Lipinski definition) is 3. The van der Waals surface area contributed by atoms with Crippen molar-refractivity contribution in [1.29, 1.82) is 0 Å². The summed E-state index contributed by atoms with van der Waals surface area (Å²) in [5.74, 6) is -0.379. The fraction of sp³-hybridized carbons (Fsp3) is 0.273. The summed E-state index contributed by atoms with van der Waals surface area (Å²) < 4.78 is 14.8. The quantitative estimate of drug-likeness (QED) is 0.852. The molecule has 1 unspecified atom stereocenters. The van der Waals surface area contributed by atoms with E-state index in [1.807, 2.05) is 13.1 Å². The number of nitrogens with zero attached hydrogens (tertiary/aromatic N) is 3. The molecule has 1 atom stereocenters. The molecule has 2 heterocycles. The highest BCUT2D eigenvalue weighted by molar-refractivity contribution is 5.26. The van der Waals surface area contributed by atoms with E-state index in [-0.39, 0.29) is 11.9 Å². The molecule has 5 heteroatoms. The Balaban J connectivity index is 2.27. The molecule has 2 aromatic rings. The Kier molecular flexibility index (Phi) is 2.96. The van der Waals surface area contributed by atoms with Crippen LogP contribution in [0.15, 0.2) is 30.9 Å². The van der Waals surface area contributed by atoms with E-state index in [2.05, 4.69) is 10.1 Å². The lowest BCUT2D eigenvalue weighted by molar-refractivity contribution is 0.616. The van der Waals surface area contributed by atoms with E-state index < -0.39 is 0 Å². The molecule has 2 N–H and O–H groups in total. The largest absolute Gasteiger partial charge is 0.320 e. The maximum absolute atomic E-state index is 13.0. The van der Waals surface area contributed by atoms with Crippen molar-refractivity contribution in [3.63, 3.8) is 0 Å². The molecule has 4 nitrogen and oxygen atoms in total. The van der Waals surface area contributed by atoms with Crippen LogP contribution < -0.4 is 5.73 Å². The summed E-state index contributed by atoms with van der Waals surface area (Å²) in [6.07, 6.45) is 6.28. The van der Waals surface area contributed by atoms with Crippen LogP contribution in [0.4, 0.5) is 4.39 Å². The zero-order valence-corrected chi connectivity index (χ0v) is 8.97. The number of hydrogen-bond donors (Lipinski definition) is 1. The van der Waals surface area contributed by atoms with Crippen LogP contribution in [0.25, 0.3) is 0 Å². The zero-order chi connectivity index (χ0) is 11.5. The summed E-state index contributed by atoms with van der Waals surface area (Å²) in [5, 5.41) is 4.13. The standard InChI is InChI=1S/C11H13FN4/c1-2-16-7-9(5-15-16)11(13)8-3-10(12)6-14-4-8/h3-7,11H,2,13H2,1H3. The highest BCUT2D eigenvalue weighted by Gasteiger charge is 2.11. The first-order chi connectivity index (χ1) is 7.70. The van der Waals surface area contributed by atoms with Crippen LogP contribution in [0.3, 0.4) is 0 Å². The second-order valence-corrected chi connectivity index (χ2v) is 3.54. The monoisotopic (exact) mass is 220 g/mol. The van der Waals surface area contributed by atoms with E-state index >= 15 is 0 Å². The molecule has 0 aliphatic rings. The Bertz CT molecular complexity index is 480. The normalized spacial score (nSPS) is 12.7. The average Bonchev–Trinajstić information content (AvgIpc) is 2.76. The molecule has 0 aliphatic carbocycles. The van der Waals surface area contributed by atoms with Gasteiger partial charge in [0.15, 0.2) is 0 Å². The summed E-state index contributed by atoms with van der Waals surface area (Å²) in [5.41, 5.74) is 7.50. The summed E-state index contributed by atoms with van der Waals surface area (Å²) in [6.45, 7) is 2.78. The lowest BCUT2D eigenvalue weighted by Crippen LogP contribution is -2.11. The number of aryl methyl sites for hydroxylation is 1. The Morgan fingerprint density at radius 2 is 2.19 bits per heavy atom. The summed E-state index contributed by atoms with van der Waals surface area (Å²) >= 11 is 0. The van der Waals surface area contributed by atoms with Gasteiger partial charge in [0.25, 0.3) is 0 Å². The highest BCUT2D eigenvalue weighted by atomic mass is 19.1. The second-order valence-electron chi connectivity index (χ2n) is 3.54. The van der Waals surface area contributed by atoms with Crippen molar-refractivity contribution in [3.05, 3.63) is 47.8 Å². The molecule has 0 saturated carbocycles. The highest BCUT2D eigenvalue weighted by Crippen LogP contribution is 2.18. The van der Waals surface area contributed by atoms with E-state index in [9.17, 15) is 4.39 Å². The molecule has 2 rings (SSSR count). The van der Waals surface area contributed by atoms with Gasteiger partial charge in [-0.3, -0.25) is 9.67 Å². The molecule has 0 aromatic carbocycles. The van der Waals surface area contributed by atoms with Gasteiger partial charge in [0.05, 0.1) is 18.4 Å². The fourth-order valence-electron chi connectivity index (χ4n) is 1.50. The van der Waals surface area contributed by atoms with E-state index in [0.717, 1.165) is 18.3 Å². The van der Waals surface area contributed by atoms with Gasteiger partial charge in [0.1, 0.15) is 5.82 Å². The van der Waals surface area contributed by atoms with Crippen molar-refractivity contribution < 1.29 is 4.39 Å². The molecular weight excluding hydrogens is 207 g/mol. The fourth-order valence-corrected chi connectivity index (χ4v) is 1.50. The second kappa shape index (κ2) is 4.40. The van der Waals surface area contributed by atoms with Gasteiger partial charge in [-0.2, -0.15) is 5.10 Å². The third kappa shape index (κ3) is 2.09. The first-order valence-corrected chi connectivity index (χ1v) is 5.09. The van der Waals surface area contributed by atoms with Gasteiger partial charge in [-0.05, 0) is 18.6 Å². The minimum Gasteiger partial charge on any atom is -0.320 e. The van der Waals surface area contributed by atoms with Gasteiger partial charge >= 0.3 is 0 Å².